The van der Waals surface area contributed by atoms with E-state index in [4.69, 9.17) is 4.74 Å². The standard InChI is InChI=1S/C32H52O3/c1-20(2)11-10-12-21(3)23-13-18-32(9)28-24(14-17-31(23,32)8)30(7)16-15-27(35-22(4)33)29(5,6)26(30)19-25(28)34/h20-21,23,26-27H,10-19H2,1-9H3/t21-,23-,26+,27+,30-,31+,32-/m1/s1. The molecule has 0 radical (unpaired) electrons. The molecule has 0 N–H and O–H groups in total. The summed E-state index contributed by atoms with van der Waals surface area (Å²) in [5, 5.41) is 0. The van der Waals surface area contributed by atoms with E-state index < -0.39 is 0 Å². The van der Waals surface area contributed by atoms with Crippen LogP contribution in [-0.2, 0) is 14.3 Å². The maximum Gasteiger partial charge on any atom is 0.302 e. The van der Waals surface area contributed by atoms with Crippen molar-refractivity contribution in [2.45, 2.75) is 133 Å². The Morgan fingerprint density at radius 2 is 1.69 bits per heavy atom. The van der Waals surface area contributed by atoms with Crippen molar-refractivity contribution in [1.29, 1.82) is 0 Å². The molecule has 35 heavy (non-hydrogen) atoms. The zero-order valence-electron chi connectivity index (χ0n) is 24.2. The third-order valence-electron chi connectivity index (χ3n) is 12.0. The second kappa shape index (κ2) is 9.02. The molecular formula is C32H52O3. The van der Waals surface area contributed by atoms with E-state index in [9.17, 15) is 9.59 Å². The van der Waals surface area contributed by atoms with Gasteiger partial charge in [0.05, 0.1) is 0 Å². The monoisotopic (exact) mass is 484 g/mol. The van der Waals surface area contributed by atoms with Gasteiger partial charge >= 0.3 is 5.97 Å². The number of rotatable bonds is 6. The van der Waals surface area contributed by atoms with Gasteiger partial charge in [-0.15, -0.1) is 0 Å². The van der Waals surface area contributed by atoms with E-state index in [1.54, 1.807) is 0 Å². The topological polar surface area (TPSA) is 43.4 Å². The van der Waals surface area contributed by atoms with E-state index in [-0.39, 0.29) is 39.7 Å². The summed E-state index contributed by atoms with van der Waals surface area (Å²) in [6.07, 6.45) is 11.1. The number of esters is 1. The summed E-state index contributed by atoms with van der Waals surface area (Å²) in [6.45, 7) is 20.6. The Bertz CT molecular complexity index is 896. The molecule has 7 atom stereocenters. The minimum atomic E-state index is -0.200. The number of fused-ring (bicyclic) bond motifs is 4. The fourth-order valence-electron chi connectivity index (χ4n) is 9.75. The number of hydrogen-bond donors (Lipinski definition) is 0. The fourth-order valence-corrected chi connectivity index (χ4v) is 9.75. The Hall–Kier alpha value is -1.12. The quantitative estimate of drug-likeness (QED) is 0.356. The van der Waals surface area contributed by atoms with Crippen LogP contribution in [0.4, 0.5) is 0 Å². The number of ketones is 1. The van der Waals surface area contributed by atoms with E-state index in [0.717, 1.165) is 37.5 Å². The zero-order valence-corrected chi connectivity index (χ0v) is 24.2. The van der Waals surface area contributed by atoms with Crippen LogP contribution in [0, 0.1) is 45.3 Å². The maximum atomic E-state index is 14.1. The van der Waals surface area contributed by atoms with Crippen LogP contribution in [0.2, 0.25) is 0 Å². The van der Waals surface area contributed by atoms with Gasteiger partial charge in [0.1, 0.15) is 6.10 Å². The molecule has 0 saturated heterocycles. The van der Waals surface area contributed by atoms with Gasteiger partial charge in [-0.25, -0.2) is 0 Å². The van der Waals surface area contributed by atoms with Crippen LogP contribution < -0.4 is 0 Å². The average Bonchev–Trinajstić information content (AvgIpc) is 3.02. The minimum Gasteiger partial charge on any atom is -0.462 e. The molecule has 0 heterocycles. The summed E-state index contributed by atoms with van der Waals surface area (Å²) >= 11 is 0. The van der Waals surface area contributed by atoms with Crippen molar-refractivity contribution in [2.75, 3.05) is 0 Å². The molecule has 0 bridgehead atoms. The molecule has 4 aliphatic carbocycles. The van der Waals surface area contributed by atoms with Crippen LogP contribution in [0.15, 0.2) is 11.1 Å². The van der Waals surface area contributed by atoms with Gasteiger partial charge in [0, 0.05) is 29.7 Å². The lowest BCUT2D eigenvalue weighted by Crippen LogP contribution is -2.57. The highest BCUT2D eigenvalue weighted by molar-refractivity contribution is 5.99. The third kappa shape index (κ3) is 4.06. The Morgan fingerprint density at radius 3 is 2.31 bits per heavy atom. The smallest absolute Gasteiger partial charge is 0.302 e. The molecule has 4 rings (SSSR count). The van der Waals surface area contributed by atoms with Crippen molar-refractivity contribution in [1.82, 2.24) is 0 Å². The zero-order chi connectivity index (χ0) is 26.0. The van der Waals surface area contributed by atoms with E-state index >= 15 is 0 Å². The molecule has 198 valence electrons. The third-order valence-corrected chi connectivity index (χ3v) is 12.0. The van der Waals surface area contributed by atoms with Crippen molar-refractivity contribution < 1.29 is 14.3 Å². The van der Waals surface area contributed by atoms with Gasteiger partial charge in [-0.1, -0.05) is 80.2 Å². The number of carbonyl (C=O) groups excluding carboxylic acids is 2. The summed E-state index contributed by atoms with van der Waals surface area (Å²) in [6, 6.07) is 0. The van der Waals surface area contributed by atoms with Crippen LogP contribution in [0.5, 0.6) is 0 Å². The lowest BCUT2D eigenvalue weighted by atomic mass is 9.43. The molecule has 0 aliphatic heterocycles. The Labute approximate surface area is 215 Å². The number of hydrogen-bond acceptors (Lipinski definition) is 3. The van der Waals surface area contributed by atoms with Crippen molar-refractivity contribution in [3.8, 4) is 0 Å². The van der Waals surface area contributed by atoms with Gasteiger partial charge in [-0.05, 0) is 73.0 Å². The highest BCUT2D eigenvalue weighted by atomic mass is 16.5. The predicted molar refractivity (Wildman–Crippen MR) is 143 cm³/mol. The first-order valence-electron chi connectivity index (χ1n) is 14.6. The second-order valence-electron chi connectivity index (χ2n) is 14.6. The van der Waals surface area contributed by atoms with Crippen LogP contribution in [0.1, 0.15) is 127 Å². The van der Waals surface area contributed by atoms with Crippen LogP contribution in [-0.4, -0.2) is 17.9 Å². The number of ether oxygens (including phenoxy) is 1. The molecule has 0 unspecified atom stereocenters. The van der Waals surface area contributed by atoms with Gasteiger partial charge in [-0.2, -0.15) is 0 Å². The van der Waals surface area contributed by atoms with Crippen LogP contribution >= 0.6 is 0 Å². The van der Waals surface area contributed by atoms with E-state index in [0.29, 0.717) is 18.1 Å². The first kappa shape index (κ1) is 26.9. The Balaban J connectivity index is 1.66. The molecule has 0 aromatic carbocycles. The Morgan fingerprint density at radius 1 is 1.00 bits per heavy atom. The average molecular weight is 485 g/mol. The molecule has 0 aromatic rings. The summed E-state index contributed by atoms with van der Waals surface area (Å²) in [5.41, 5.74) is 2.78. The van der Waals surface area contributed by atoms with Crippen molar-refractivity contribution in [2.24, 2.45) is 45.3 Å². The van der Waals surface area contributed by atoms with Gasteiger partial charge in [0.15, 0.2) is 5.78 Å². The molecule has 0 amide bonds. The van der Waals surface area contributed by atoms with Crippen LogP contribution in [0.3, 0.4) is 0 Å². The SMILES string of the molecule is CC(=O)O[C@H]1CC[C@]2(C)C3=C(C(=O)C[C@H]2C1(C)C)[C@@]1(C)CC[C@H]([C@H](C)CCCC(C)C)[C@]1(C)CC3. The maximum absolute atomic E-state index is 14.1. The first-order chi connectivity index (χ1) is 16.2. The normalized spacial score (nSPS) is 41.3. The lowest BCUT2D eigenvalue weighted by molar-refractivity contribution is -0.168. The van der Waals surface area contributed by atoms with Crippen molar-refractivity contribution in [3.63, 3.8) is 0 Å². The minimum absolute atomic E-state index is 0.000499. The van der Waals surface area contributed by atoms with E-state index in [1.807, 2.05) is 0 Å². The predicted octanol–water partition coefficient (Wildman–Crippen LogP) is 8.31. The second-order valence-corrected chi connectivity index (χ2v) is 14.6. The summed E-state index contributed by atoms with van der Waals surface area (Å²) in [5.74, 6) is 2.66. The number of carbonyl (C=O) groups is 2. The molecule has 3 nitrogen and oxygen atoms in total. The summed E-state index contributed by atoms with van der Waals surface area (Å²) in [4.78, 5) is 25.9. The highest BCUT2D eigenvalue weighted by Gasteiger charge is 2.65. The molecule has 0 aromatic heterocycles. The highest BCUT2D eigenvalue weighted by Crippen LogP contribution is 2.72. The van der Waals surface area contributed by atoms with E-state index in [1.165, 1.54) is 50.2 Å². The van der Waals surface area contributed by atoms with Gasteiger partial charge in [0.25, 0.3) is 0 Å². The number of Topliss-reactive ketones (excluding diaryl/α,β-unsaturated/α-hetero) is 1. The largest absolute Gasteiger partial charge is 0.462 e. The first-order valence-corrected chi connectivity index (χ1v) is 14.6. The molecule has 3 heteroatoms. The van der Waals surface area contributed by atoms with Gasteiger partial charge in [0.2, 0.25) is 0 Å². The van der Waals surface area contributed by atoms with Gasteiger partial charge in [-0.3, -0.25) is 9.59 Å². The Kier molecular flexibility index (Phi) is 6.94. The van der Waals surface area contributed by atoms with Crippen molar-refractivity contribution >= 4 is 11.8 Å². The molecule has 0 spiro atoms. The lowest BCUT2D eigenvalue weighted by Gasteiger charge is -2.61. The van der Waals surface area contributed by atoms with Gasteiger partial charge < -0.3 is 4.74 Å². The van der Waals surface area contributed by atoms with E-state index in [2.05, 4.69) is 55.4 Å². The molecule has 4 aliphatic rings. The molecule has 2 fully saturated rings. The molecule has 2 saturated carbocycles. The number of allylic oxidation sites excluding steroid dienone is 2. The fraction of sp³-hybridized carbons (Fsp3) is 0.875. The summed E-state index contributed by atoms with van der Waals surface area (Å²) in [7, 11) is 0. The summed E-state index contributed by atoms with van der Waals surface area (Å²) < 4.78 is 5.80. The van der Waals surface area contributed by atoms with Crippen molar-refractivity contribution in [3.05, 3.63) is 11.1 Å². The van der Waals surface area contributed by atoms with Crippen LogP contribution in [0.25, 0.3) is 0 Å². The molecular weight excluding hydrogens is 432 g/mol.